The van der Waals surface area contributed by atoms with Crippen LogP contribution in [0.15, 0.2) is 29.0 Å². The third kappa shape index (κ3) is 2.70. The lowest BCUT2D eigenvalue weighted by molar-refractivity contribution is 0.520. The van der Waals surface area contributed by atoms with Gasteiger partial charge in [0.05, 0.1) is 0 Å². The van der Waals surface area contributed by atoms with Gasteiger partial charge in [-0.1, -0.05) is 15.9 Å². The average molecular weight is 302 g/mol. The van der Waals surface area contributed by atoms with Gasteiger partial charge in [0.2, 0.25) is 0 Å². The van der Waals surface area contributed by atoms with E-state index in [0.717, 1.165) is 0 Å². The highest BCUT2D eigenvalue weighted by atomic mass is 79.9. The van der Waals surface area contributed by atoms with Crippen molar-refractivity contribution in [2.75, 3.05) is 0 Å². The van der Waals surface area contributed by atoms with Crippen LogP contribution in [0, 0.1) is 11.6 Å². The molecule has 0 saturated carbocycles. The second-order valence-corrected chi connectivity index (χ2v) is 4.55. The predicted octanol–water partition coefficient (Wildman–Crippen LogP) is 2.69. The number of hydrogen-bond acceptors (Lipinski definition) is 2. The second-order valence-electron chi connectivity index (χ2n) is 3.63. The molecule has 0 saturated heterocycles. The number of nitrogens with zero attached hydrogens (tertiary/aromatic N) is 1. The molecule has 17 heavy (non-hydrogen) atoms. The molecule has 1 atom stereocenters. The lowest BCUT2D eigenvalue weighted by Crippen LogP contribution is -2.17. The van der Waals surface area contributed by atoms with Crippen molar-refractivity contribution in [3.63, 3.8) is 0 Å². The fraction of sp³-hybridized carbons (Fsp3) is 0.182. The van der Waals surface area contributed by atoms with Crippen LogP contribution in [0.4, 0.5) is 8.78 Å². The number of benzene rings is 1. The van der Waals surface area contributed by atoms with Crippen molar-refractivity contribution in [2.24, 2.45) is 5.73 Å². The predicted molar refractivity (Wildman–Crippen MR) is 63.3 cm³/mol. The lowest BCUT2D eigenvalue weighted by atomic mass is 10.0. The number of aromatic nitrogens is 2. The Hall–Kier alpha value is -1.27. The first-order valence-corrected chi connectivity index (χ1v) is 5.75. The van der Waals surface area contributed by atoms with Crippen molar-refractivity contribution < 1.29 is 8.78 Å². The molecule has 1 unspecified atom stereocenters. The fourth-order valence-corrected chi connectivity index (χ4v) is 2.03. The lowest BCUT2D eigenvalue weighted by Gasteiger charge is -2.13. The van der Waals surface area contributed by atoms with Crippen molar-refractivity contribution in [1.29, 1.82) is 0 Å². The van der Waals surface area contributed by atoms with E-state index in [1.54, 1.807) is 12.4 Å². The van der Waals surface area contributed by atoms with E-state index in [4.69, 9.17) is 5.73 Å². The van der Waals surface area contributed by atoms with Crippen LogP contribution in [0.2, 0.25) is 0 Å². The molecule has 1 aromatic heterocycles. The van der Waals surface area contributed by atoms with Gasteiger partial charge in [-0.3, -0.25) is 0 Å². The highest BCUT2D eigenvalue weighted by Gasteiger charge is 2.18. The number of aromatic amines is 1. The summed E-state index contributed by atoms with van der Waals surface area (Å²) in [5.74, 6) is -0.717. The summed E-state index contributed by atoms with van der Waals surface area (Å²) in [5, 5.41) is 0. The Balaban J connectivity index is 2.27. The number of nitrogens with two attached hydrogens (primary N) is 1. The SMILES string of the molecule is NC(Cc1ncc[nH]1)c1c(F)cc(Br)cc1F. The molecule has 0 bridgehead atoms. The minimum atomic E-state index is -0.769. The zero-order valence-corrected chi connectivity index (χ0v) is 10.3. The number of H-pyrrole nitrogens is 1. The maximum Gasteiger partial charge on any atom is 0.132 e. The van der Waals surface area contributed by atoms with E-state index in [1.807, 2.05) is 0 Å². The third-order valence-electron chi connectivity index (χ3n) is 2.38. The number of nitrogens with one attached hydrogen (secondary N) is 1. The van der Waals surface area contributed by atoms with Gasteiger partial charge in [-0.15, -0.1) is 0 Å². The minimum Gasteiger partial charge on any atom is -0.349 e. The topological polar surface area (TPSA) is 54.7 Å². The maximum atomic E-state index is 13.6. The van der Waals surface area contributed by atoms with Crippen molar-refractivity contribution in [3.05, 3.63) is 52.0 Å². The van der Waals surface area contributed by atoms with E-state index in [0.29, 0.717) is 10.3 Å². The summed E-state index contributed by atoms with van der Waals surface area (Å²) in [5.41, 5.74) is 5.66. The first kappa shape index (κ1) is 12.2. The Morgan fingerprint density at radius 3 is 2.53 bits per heavy atom. The summed E-state index contributed by atoms with van der Waals surface area (Å²) in [6.07, 6.45) is 3.45. The van der Waals surface area contributed by atoms with Crippen LogP contribution >= 0.6 is 15.9 Å². The molecule has 3 N–H and O–H groups in total. The van der Waals surface area contributed by atoms with E-state index in [9.17, 15) is 8.78 Å². The number of rotatable bonds is 3. The van der Waals surface area contributed by atoms with Gasteiger partial charge in [0, 0.05) is 34.9 Å². The van der Waals surface area contributed by atoms with Crippen LogP contribution in [0.1, 0.15) is 17.4 Å². The quantitative estimate of drug-likeness (QED) is 0.916. The summed E-state index contributed by atoms with van der Waals surface area (Å²) < 4.78 is 27.6. The molecule has 0 fully saturated rings. The summed E-state index contributed by atoms with van der Waals surface area (Å²) in [6, 6.07) is 1.62. The highest BCUT2D eigenvalue weighted by Crippen LogP contribution is 2.25. The molecule has 3 nitrogen and oxygen atoms in total. The first-order valence-electron chi connectivity index (χ1n) is 4.96. The normalized spacial score (nSPS) is 12.7. The van der Waals surface area contributed by atoms with E-state index in [2.05, 4.69) is 25.9 Å². The molecule has 0 radical (unpaired) electrons. The molecular weight excluding hydrogens is 292 g/mol. The molecule has 0 spiro atoms. The van der Waals surface area contributed by atoms with Crippen LogP contribution in [-0.2, 0) is 6.42 Å². The van der Waals surface area contributed by atoms with E-state index >= 15 is 0 Å². The van der Waals surface area contributed by atoms with Crippen LogP contribution in [0.3, 0.4) is 0 Å². The van der Waals surface area contributed by atoms with Crippen molar-refractivity contribution in [2.45, 2.75) is 12.5 Å². The van der Waals surface area contributed by atoms with Gasteiger partial charge >= 0.3 is 0 Å². The van der Waals surface area contributed by atoms with Gasteiger partial charge in [0.25, 0.3) is 0 Å². The van der Waals surface area contributed by atoms with Crippen LogP contribution in [0.5, 0.6) is 0 Å². The molecule has 0 aliphatic rings. The Bertz CT molecular complexity index is 490. The van der Waals surface area contributed by atoms with Crippen molar-refractivity contribution >= 4 is 15.9 Å². The van der Waals surface area contributed by atoms with Gasteiger partial charge in [-0.25, -0.2) is 13.8 Å². The van der Waals surface area contributed by atoms with Crippen molar-refractivity contribution in [1.82, 2.24) is 9.97 Å². The van der Waals surface area contributed by atoms with Gasteiger partial charge in [0.1, 0.15) is 17.5 Å². The smallest absolute Gasteiger partial charge is 0.132 e. The van der Waals surface area contributed by atoms with E-state index in [-0.39, 0.29) is 12.0 Å². The standard InChI is InChI=1S/C11H10BrF2N3/c12-6-3-7(13)11(8(14)4-6)9(15)5-10-16-1-2-17-10/h1-4,9H,5,15H2,(H,16,17). The summed E-state index contributed by atoms with van der Waals surface area (Å²) in [6.45, 7) is 0. The fourth-order valence-electron chi connectivity index (χ4n) is 1.63. The Kier molecular flexibility index (Phi) is 3.54. The van der Waals surface area contributed by atoms with E-state index < -0.39 is 17.7 Å². The summed E-state index contributed by atoms with van der Waals surface area (Å²) in [4.78, 5) is 6.81. The monoisotopic (exact) mass is 301 g/mol. The molecule has 2 rings (SSSR count). The molecular formula is C11H10BrF2N3. The number of imidazole rings is 1. The summed E-state index contributed by atoms with van der Waals surface area (Å²) >= 11 is 3.02. The van der Waals surface area contributed by atoms with Crippen LogP contribution in [-0.4, -0.2) is 9.97 Å². The Morgan fingerprint density at radius 2 is 2.00 bits per heavy atom. The van der Waals surface area contributed by atoms with Crippen LogP contribution < -0.4 is 5.73 Å². The Morgan fingerprint density at radius 1 is 1.35 bits per heavy atom. The summed E-state index contributed by atoms with van der Waals surface area (Å²) in [7, 11) is 0. The van der Waals surface area contributed by atoms with Gasteiger partial charge in [-0.05, 0) is 12.1 Å². The Labute approximate surface area is 105 Å². The second kappa shape index (κ2) is 4.93. The van der Waals surface area contributed by atoms with Crippen LogP contribution in [0.25, 0.3) is 0 Å². The molecule has 6 heteroatoms. The minimum absolute atomic E-state index is 0.121. The zero-order valence-electron chi connectivity index (χ0n) is 8.75. The third-order valence-corrected chi connectivity index (χ3v) is 2.84. The molecule has 90 valence electrons. The first-order chi connectivity index (χ1) is 8.08. The highest BCUT2D eigenvalue weighted by molar-refractivity contribution is 9.10. The number of halogens is 3. The van der Waals surface area contributed by atoms with Gasteiger partial charge in [0.15, 0.2) is 0 Å². The number of hydrogen-bond donors (Lipinski definition) is 2. The maximum absolute atomic E-state index is 13.6. The average Bonchev–Trinajstić information content (AvgIpc) is 2.68. The van der Waals surface area contributed by atoms with Gasteiger partial charge < -0.3 is 10.7 Å². The molecule has 1 heterocycles. The van der Waals surface area contributed by atoms with E-state index in [1.165, 1.54) is 12.1 Å². The molecule has 0 amide bonds. The molecule has 1 aromatic carbocycles. The molecule has 0 aliphatic carbocycles. The van der Waals surface area contributed by atoms with Crippen molar-refractivity contribution in [3.8, 4) is 0 Å². The molecule has 2 aromatic rings. The van der Waals surface area contributed by atoms with Gasteiger partial charge in [-0.2, -0.15) is 0 Å². The zero-order chi connectivity index (χ0) is 12.4. The molecule has 0 aliphatic heterocycles. The largest absolute Gasteiger partial charge is 0.349 e.